The molecular formula is C15H21NO4S. The van der Waals surface area contributed by atoms with Crippen LogP contribution in [0.1, 0.15) is 24.4 Å². The summed E-state index contributed by atoms with van der Waals surface area (Å²) in [5.74, 6) is 2.16. The van der Waals surface area contributed by atoms with E-state index in [1.54, 1.807) is 0 Å². The molecule has 1 saturated heterocycles. The highest BCUT2D eigenvalue weighted by Crippen LogP contribution is 2.34. The van der Waals surface area contributed by atoms with Gasteiger partial charge in [0.05, 0.1) is 0 Å². The van der Waals surface area contributed by atoms with E-state index in [2.05, 4.69) is 5.32 Å². The van der Waals surface area contributed by atoms with Gasteiger partial charge in [-0.05, 0) is 37.6 Å². The Kier molecular flexibility index (Phi) is 4.77. The summed E-state index contributed by atoms with van der Waals surface area (Å²) in [6.45, 7) is 1.73. The van der Waals surface area contributed by atoms with Crippen LogP contribution in [0.3, 0.4) is 0 Å². The van der Waals surface area contributed by atoms with Gasteiger partial charge in [0.15, 0.2) is 11.5 Å². The lowest BCUT2D eigenvalue weighted by Gasteiger charge is -2.24. The van der Waals surface area contributed by atoms with Crippen LogP contribution in [0.15, 0.2) is 18.2 Å². The zero-order chi connectivity index (χ0) is 14.7. The van der Waals surface area contributed by atoms with Gasteiger partial charge in [-0.2, -0.15) is 0 Å². The summed E-state index contributed by atoms with van der Waals surface area (Å²) >= 11 is 0. The molecule has 116 valence electrons. The first-order valence-corrected chi connectivity index (χ1v) is 8.68. The molecule has 0 bridgehead atoms. The van der Waals surface area contributed by atoms with Crippen LogP contribution in [0.5, 0.6) is 11.5 Å². The van der Waals surface area contributed by atoms with Gasteiger partial charge in [0, 0.05) is 41.1 Å². The summed E-state index contributed by atoms with van der Waals surface area (Å²) in [6, 6.07) is 5.96. The van der Waals surface area contributed by atoms with Crippen LogP contribution in [-0.4, -0.2) is 42.3 Å². The third kappa shape index (κ3) is 3.39. The number of ether oxygens (including phenoxy) is 3. The third-order valence-electron chi connectivity index (χ3n) is 4.02. The maximum absolute atomic E-state index is 12.5. The van der Waals surface area contributed by atoms with Crippen LogP contribution in [0.2, 0.25) is 0 Å². The molecule has 5 nitrogen and oxygen atoms in total. The molecule has 2 atom stereocenters. The van der Waals surface area contributed by atoms with Crippen LogP contribution < -0.4 is 14.8 Å². The number of benzene rings is 1. The molecule has 0 saturated carbocycles. The van der Waals surface area contributed by atoms with Gasteiger partial charge in [-0.3, -0.25) is 4.21 Å². The average molecular weight is 311 g/mol. The van der Waals surface area contributed by atoms with Crippen molar-refractivity contribution in [2.75, 3.05) is 32.8 Å². The normalized spacial score (nSPS) is 21.2. The van der Waals surface area contributed by atoms with E-state index >= 15 is 0 Å². The predicted octanol–water partition coefficient (Wildman–Crippen LogP) is 1.60. The Morgan fingerprint density at radius 1 is 1.29 bits per heavy atom. The standard InChI is InChI=1S/C15H21NO4S/c1-16-13(9-21(17)12-4-6-18-7-5-12)11-2-3-14-15(8-11)20-10-19-14/h2-3,8,12-13,16H,4-7,9-10H2,1H3. The van der Waals surface area contributed by atoms with Gasteiger partial charge < -0.3 is 19.5 Å². The highest BCUT2D eigenvalue weighted by atomic mass is 32.2. The lowest BCUT2D eigenvalue weighted by Crippen LogP contribution is -2.31. The number of rotatable bonds is 5. The van der Waals surface area contributed by atoms with Crippen molar-refractivity contribution < 1.29 is 18.4 Å². The van der Waals surface area contributed by atoms with Crippen molar-refractivity contribution in [2.24, 2.45) is 0 Å². The van der Waals surface area contributed by atoms with Gasteiger partial charge in [0.25, 0.3) is 0 Å². The van der Waals surface area contributed by atoms with E-state index in [1.807, 2.05) is 25.2 Å². The largest absolute Gasteiger partial charge is 0.454 e. The molecule has 1 N–H and O–H groups in total. The van der Waals surface area contributed by atoms with Crippen molar-refractivity contribution in [1.82, 2.24) is 5.32 Å². The van der Waals surface area contributed by atoms with Gasteiger partial charge in [-0.1, -0.05) is 6.07 Å². The molecule has 2 aliphatic rings. The van der Waals surface area contributed by atoms with E-state index in [4.69, 9.17) is 14.2 Å². The molecule has 21 heavy (non-hydrogen) atoms. The van der Waals surface area contributed by atoms with Gasteiger partial charge >= 0.3 is 0 Å². The molecule has 2 aliphatic heterocycles. The van der Waals surface area contributed by atoms with E-state index in [1.165, 1.54) is 0 Å². The number of nitrogens with one attached hydrogen (secondary N) is 1. The van der Waals surface area contributed by atoms with E-state index in [9.17, 15) is 4.21 Å². The second-order valence-electron chi connectivity index (χ2n) is 5.31. The number of fused-ring (bicyclic) bond motifs is 1. The Balaban J connectivity index is 1.68. The predicted molar refractivity (Wildman–Crippen MR) is 81.2 cm³/mol. The Morgan fingerprint density at radius 2 is 2.05 bits per heavy atom. The number of hydrogen-bond acceptors (Lipinski definition) is 5. The topological polar surface area (TPSA) is 56.8 Å². The van der Waals surface area contributed by atoms with Crippen LogP contribution in [-0.2, 0) is 15.5 Å². The minimum atomic E-state index is -0.850. The van der Waals surface area contributed by atoms with Gasteiger partial charge in [0.1, 0.15) is 0 Å². The first kappa shape index (κ1) is 14.8. The summed E-state index contributed by atoms with van der Waals surface area (Å²) in [4.78, 5) is 0. The van der Waals surface area contributed by atoms with Crippen LogP contribution in [0.4, 0.5) is 0 Å². The smallest absolute Gasteiger partial charge is 0.231 e. The molecule has 2 heterocycles. The molecule has 2 unspecified atom stereocenters. The Bertz CT molecular complexity index is 516. The fourth-order valence-corrected chi connectivity index (χ4v) is 4.39. The molecule has 3 rings (SSSR count). The molecule has 0 radical (unpaired) electrons. The zero-order valence-corrected chi connectivity index (χ0v) is 13.0. The highest BCUT2D eigenvalue weighted by Gasteiger charge is 2.24. The van der Waals surface area contributed by atoms with Crippen molar-refractivity contribution in [3.05, 3.63) is 23.8 Å². The second kappa shape index (κ2) is 6.77. The maximum Gasteiger partial charge on any atom is 0.231 e. The van der Waals surface area contributed by atoms with Gasteiger partial charge in [-0.25, -0.2) is 0 Å². The summed E-state index contributed by atoms with van der Waals surface area (Å²) in [6.07, 6.45) is 1.79. The Morgan fingerprint density at radius 3 is 2.81 bits per heavy atom. The van der Waals surface area contributed by atoms with Gasteiger partial charge in [-0.15, -0.1) is 0 Å². The Hall–Kier alpha value is -1.11. The van der Waals surface area contributed by atoms with Crippen molar-refractivity contribution in [2.45, 2.75) is 24.1 Å². The summed E-state index contributed by atoms with van der Waals surface area (Å²) in [5, 5.41) is 3.51. The van der Waals surface area contributed by atoms with Crippen LogP contribution in [0, 0.1) is 0 Å². The lowest BCUT2D eigenvalue weighted by molar-refractivity contribution is 0.0992. The van der Waals surface area contributed by atoms with Crippen molar-refractivity contribution >= 4 is 10.8 Å². The summed E-state index contributed by atoms with van der Waals surface area (Å²) in [7, 11) is 1.05. The minimum Gasteiger partial charge on any atom is -0.454 e. The Labute approximate surface area is 127 Å². The lowest BCUT2D eigenvalue weighted by atomic mass is 10.1. The fraction of sp³-hybridized carbons (Fsp3) is 0.600. The molecule has 1 fully saturated rings. The van der Waals surface area contributed by atoms with Crippen LogP contribution >= 0.6 is 0 Å². The summed E-state index contributed by atoms with van der Waals surface area (Å²) in [5.41, 5.74) is 1.09. The van der Waals surface area contributed by atoms with E-state index < -0.39 is 10.8 Å². The SMILES string of the molecule is CNC(CS(=O)C1CCOCC1)c1ccc2c(c1)OCO2. The van der Waals surface area contributed by atoms with E-state index in [0.29, 0.717) is 5.75 Å². The van der Waals surface area contributed by atoms with Crippen molar-refractivity contribution in [3.63, 3.8) is 0 Å². The molecular weight excluding hydrogens is 290 g/mol. The van der Waals surface area contributed by atoms with Gasteiger partial charge in [0.2, 0.25) is 6.79 Å². The molecule has 0 aromatic heterocycles. The monoisotopic (exact) mass is 311 g/mol. The maximum atomic E-state index is 12.5. The number of hydrogen-bond donors (Lipinski definition) is 1. The van der Waals surface area contributed by atoms with Crippen LogP contribution in [0.25, 0.3) is 0 Å². The molecule has 6 heteroatoms. The first-order chi connectivity index (χ1) is 10.3. The summed E-state index contributed by atoms with van der Waals surface area (Å²) < 4.78 is 28.6. The highest BCUT2D eigenvalue weighted by molar-refractivity contribution is 7.85. The molecule has 0 amide bonds. The molecule has 1 aromatic rings. The quantitative estimate of drug-likeness (QED) is 0.895. The second-order valence-corrected chi connectivity index (χ2v) is 7.07. The first-order valence-electron chi connectivity index (χ1n) is 7.29. The fourth-order valence-electron chi connectivity index (χ4n) is 2.72. The van der Waals surface area contributed by atoms with E-state index in [-0.39, 0.29) is 18.1 Å². The zero-order valence-electron chi connectivity index (χ0n) is 12.2. The average Bonchev–Trinajstić information content (AvgIpc) is 3.00. The minimum absolute atomic E-state index is 0.0585. The molecule has 0 spiro atoms. The van der Waals surface area contributed by atoms with E-state index in [0.717, 1.165) is 43.1 Å². The molecule has 1 aromatic carbocycles. The third-order valence-corrected chi connectivity index (χ3v) is 5.90. The molecule has 0 aliphatic carbocycles. The van der Waals surface area contributed by atoms with Crippen molar-refractivity contribution in [1.29, 1.82) is 0 Å². The van der Waals surface area contributed by atoms with Crippen molar-refractivity contribution in [3.8, 4) is 11.5 Å².